The third-order valence-electron chi connectivity index (χ3n) is 10.4. The Kier molecular flexibility index (Phi) is 11.3. The van der Waals surface area contributed by atoms with Gasteiger partial charge in [-0.2, -0.15) is 0 Å². The molecule has 0 amide bonds. The fraction of sp³-hybridized carbons (Fsp3) is 0.0364. The summed E-state index contributed by atoms with van der Waals surface area (Å²) in [6.07, 6.45) is 0. The van der Waals surface area contributed by atoms with Gasteiger partial charge in [-0.1, -0.05) is 205 Å². The Hall–Kier alpha value is -7.07. The standard InChI is InChI=1S/C35H24N2S.C13H12.C7H8/c36-35(37)28-13-5-11-26(21-28)24-9-3-8-23(19-24)25-10-4-12-27(20-25)30-15-6-16-31-32-18-17-22-7-1-2-14-29(22)33(32)38-34(30)31;1-11-7-9-13(10-8-11)12-5-3-2-4-6-12;1-7-5-3-2-4-6-7/h1-21H,(H3,36,37);2-10H,1H3;2-6H,1H3. The van der Waals surface area contributed by atoms with Crippen LogP contribution in [0.15, 0.2) is 212 Å². The molecule has 0 aliphatic carbocycles. The van der Waals surface area contributed by atoms with Crippen molar-refractivity contribution in [1.82, 2.24) is 0 Å². The number of hydrogen-bond acceptors (Lipinski definition) is 2. The molecule has 0 unspecified atom stereocenters. The lowest BCUT2D eigenvalue weighted by atomic mass is 9.95. The number of rotatable bonds is 5. The maximum absolute atomic E-state index is 7.79. The Morgan fingerprint density at radius 3 is 1.52 bits per heavy atom. The van der Waals surface area contributed by atoms with Gasteiger partial charge in [-0.25, -0.2) is 0 Å². The van der Waals surface area contributed by atoms with Crippen LogP contribution in [0.2, 0.25) is 0 Å². The van der Waals surface area contributed by atoms with E-state index in [4.69, 9.17) is 11.1 Å². The first-order valence-electron chi connectivity index (χ1n) is 19.5. The van der Waals surface area contributed by atoms with E-state index in [9.17, 15) is 0 Å². The third-order valence-corrected chi connectivity index (χ3v) is 11.7. The first-order valence-corrected chi connectivity index (χ1v) is 20.4. The molecule has 10 aromatic rings. The summed E-state index contributed by atoms with van der Waals surface area (Å²) in [6.45, 7) is 4.19. The zero-order valence-corrected chi connectivity index (χ0v) is 33.5. The van der Waals surface area contributed by atoms with E-state index in [1.165, 1.54) is 69.9 Å². The fourth-order valence-electron chi connectivity index (χ4n) is 7.28. The minimum atomic E-state index is 0.0825. The number of fused-ring (bicyclic) bond motifs is 5. The molecule has 0 bridgehead atoms. The maximum Gasteiger partial charge on any atom is 0.122 e. The van der Waals surface area contributed by atoms with Crippen molar-refractivity contribution in [2.45, 2.75) is 13.8 Å². The number of aryl methyl sites for hydroxylation is 2. The molecule has 0 spiro atoms. The molecule has 0 aliphatic rings. The minimum absolute atomic E-state index is 0.0825. The number of benzene rings is 9. The predicted molar refractivity (Wildman–Crippen MR) is 252 cm³/mol. The topological polar surface area (TPSA) is 49.9 Å². The monoisotopic (exact) mass is 764 g/mol. The highest BCUT2D eigenvalue weighted by Gasteiger charge is 2.13. The highest BCUT2D eigenvalue weighted by molar-refractivity contribution is 7.27. The van der Waals surface area contributed by atoms with Crippen LogP contribution in [0.3, 0.4) is 0 Å². The average Bonchev–Trinajstić information content (AvgIpc) is 3.68. The molecule has 0 aliphatic heterocycles. The zero-order valence-electron chi connectivity index (χ0n) is 32.7. The number of thiophene rings is 1. The molecule has 10 rings (SSSR count). The van der Waals surface area contributed by atoms with Crippen LogP contribution in [-0.4, -0.2) is 5.84 Å². The van der Waals surface area contributed by atoms with Gasteiger partial charge in [0.2, 0.25) is 0 Å². The summed E-state index contributed by atoms with van der Waals surface area (Å²) in [4.78, 5) is 0. The molecule has 0 radical (unpaired) electrons. The van der Waals surface area contributed by atoms with E-state index < -0.39 is 0 Å². The highest BCUT2D eigenvalue weighted by atomic mass is 32.1. The summed E-state index contributed by atoms with van der Waals surface area (Å²) >= 11 is 1.89. The van der Waals surface area contributed by atoms with Gasteiger partial charge in [0.15, 0.2) is 0 Å². The lowest BCUT2D eigenvalue weighted by Gasteiger charge is -2.10. The van der Waals surface area contributed by atoms with Crippen molar-refractivity contribution < 1.29 is 0 Å². The quantitative estimate of drug-likeness (QED) is 0.133. The van der Waals surface area contributed by atoms with E-state index in [0.717, 1.165) is 22.3 Å². The van der Waals surface area contributed by atoms with Crippen LogP contribution in [0.5, 0.6) is 0 Å². The van der Waals surface area contributed by atoms with Gasteiger partial charge < -0.3 is 5.73 Å². The molecule has 1 heterocycles. The van der Waals surface area contributed by atoms with Gasteiger partial charge in [0.05, 0.1) is 0 Å². The van der Waals surface area contributed by atoms with Crippen molar-refractivity contribution in [3.63, 3.8) is 0 Å². The van der Waals surface area contributed by atoms with Gasteiger partial charge >= 0.3 is 0 Å². The van der Waals surface area contributed by atoms with Gasteiger partial charge in [-0.15, -0.1) is 11.3 Å². The molecular formula is C55H44N2S. The smallest absolute Gasteiger partial charge is 0.122 e. The summed E-state index contributed by atoms with van der Waals surface area (Å²) in [5, 5.41) is 13.0. The molecule has 0 atom stereocenters. The molecule has 2 nitrogen and oxygen atoms in total. The second-order valence-corrected chi connectivity index (χ2v) is 15.5. The normalized spacial score (nSPS) is 10.7. The number of hydrogen-bond donors (Lipinski definition) is 2. The molecule has 1 aromatic heterocycles. The van der Waals surface area contributed by atoms with E-state index in [-0.39, 0.29) is 5.84 Å². The van der Waals surface area contributed by atoms with Gasteiger partial charge in [-0.3, -0.25) is 5.41 Å². The Morgan fingerprint density at radius 2 is 0.862 bits per heavy atom. The van der Waals surface area contributed by atoms with Crippen molar-refractivity contribution >= 4 is 48.1 Å². The SMILES string of the molecule is Cc1ccc(-c2ccccc2)cc1.Cc1ccccc1.N=C(N)c1cccc(-c2cccc(-c3cccc(-c4cccc5c4sc4c6ccccc6ccc54)c3)c2)c1. The average molecular weight is 765 g/mol. The predicted octanol–water partition coefficient (Wildman–Crippen LogP) is 15.1. The number of nitrogens with one attached hydrogen (secondary N) is 1. The Bertz CT molecular complexity index is 2980. The lowest BCUT2D eigenvalue weighted by molar-refractivity contribution is 1.42. The van der Waals surface area contributed by atoms with Crippen molar-refractivity contribution in [2.75, 3.05) is 0 Å². The van der Waals surface area contributed by atoms with Gasteiger partial charge in [0.25, 0.3) is 0 Å². The van der Waals surface area contributed by atoms with E-state index in [2.05, 4.69) is 184 Å². The minimum Gasteiger partial charge on any atom is -0.384 e. The van der Waals surface area contributed by atoms with E-state index >= 15 is 0 Å². The Morgan fingerprint density at radius 1 is 0.379 bits per heavy atom. The van der Waals surface area contributed by atoms with Crippen molar-refractivity contribution in [2.24, 2.45) is 5.73 Å². The fourth-order valence-corrected chi connectivity index (χ4v) is 8.65. The molecule has 58 heavy (non-hydrogen) atoms. The molecule has 3 heteroatoms. The molecule has 3 N–H and O–H groups in total. The number of nitrogens with two attached hydrogens (primary N) is 1. The van der Waals surface area contributed by atoms with Crippen LogP contribution in [0.1, 0.15) is 16.7 Å². The van der Waals surface area contributed by atoms with Crippen molar-refractivity contribution in [3.05, 3.63) is 229 Å². The molecule has 0 saturated heterocycles. The van der Waals surface area contributed by atoms with E-state index in [1.54, 1.807) is 0 Å². The van der Waals surface area contributed by atoms with Crippen molar-refractivity contribution in [1.29, 1.82) is 5.41 Å². The van der Waals surface area contributed by atoms with Crippen LogP contribution in [-0.2, 0) is 0 Å². The van der Waals surface area contributed by atoms with Crippen molar-refractivity contribution in [3.8, 4) is 44.5 Å². The molecular weight excluding hydrogens is 721 g/mol. The third kappa shape index (κ3) is 8.51. The lowest BCUT2D eigenvalue weighted by Crippen LogP contribution is -2.10. The summed E-state index contributed by atoms with van der Waals surface area (Å²) in [6, 6.07) is 74.3. The second kappa shape index (κ2) is 17.4. The Balaban J connectivity index is 0.000000191. The second-order valence-electron chi connectivity index (χ2n) is 14.5. The molecule has 0 fully saturated rings. The van der Waals surface area contributed by atoms with Crippen LogP contribution >= 0.6 is 11.3 Å². The zero-order chi connectivity index (χ0) is 39.8. The van der Waals surface area contributed by atoms with Crippen LogP contribution in [0, 0.1) is 19.3 Å². The largest absolute Gasteiger partial charge is 0.384 e. The Labute approximate surface area is 345 Å². The molecule has 0 saturated carbocycles. The van der Waals surface area contributed by atoms with Crippen LogP contribution in [0.4, 0.5) is 0 Å². The maximum atomic E-state index is 7.79. The highest BCUT2D eigenvalue weighted by Crippen LogP contribution is 2.43. The first kappa shape index (κ1) is 37.8. The van der Waals surface area contributed by atoms with E-state index in [1.807, 2.05) is 53.8 Å². The number of nitrogen functional groups attached to an aromatic ring is 1. The molecule has 280 valence electrons. The van der Waals surface area contributed by atoms with Gasteiger partial charge in [-0.05, 0) is 87.3 Å². The van der Waals surface area contributed by atoms with E-state index in [0.29, 0.717) is 0 Å². The summed E-state index contributed by atoms with van der Waals surface area (Å²) in [7, 11) is 0. The van der Waals surface area contributed by atoms with Gasteiger partial charge in [0.1, 0.15) is 5.84 Å². The summed E-state index contributed by atoms with van der Waals surface area (Å²) in [5.74, 6) is 0.0825. The summed E-state index contributed by atoms with van der Waals surface area (Å²) in [5.41, 5.74) is 18.6. The van der Waals surface area contributed by atoms with Crippen LogP contribution in [0.25, 0.3) is 75.5 Å². The first-order chi connectivity index (χ1) is 28.4. The van der Waals surface area contributed by atoms with Crippen LogP contribution < -0.4 is 5.73 Å². The summed E-state index contributed by atoms with van der Waals surface area (Å²) < 4.78 is 2.67. The molecule has 9 aromatic carbocycles. The number of amidine groups is 1. The van der Waals surface area contributed by atoms with Gasteiger partial charge in [0, 0.05) is 25.7 Å².